The second-order valence-corrected chi connectivity index (χ2v) is 7.59. The van der Waals surface area contributed by atoms with Crippen LogP contribution in [-0.2, 0) is 9.53 Å². The molecule has 0 unspecified atom stereocenters. The number of carbonyl (C=O) groups is 1. The number of rotatable bonds is 6. The first kappa shape index (κ1) is 18.9. The fourth-order valence-electron chi connectivity index (χ4n) is 3.84. The van der Waals surface area contributed by atoms with Crippen LogP contribution in [0.15, 0.2) is 48.7 Å². The van der Waals surface area contributed by atoms with Gasteiger partial charge in [0.1, 0.15) is 5.75 Å². The molecule has 1 aromatic heterocycles. The van der Waals surface area contributed by atoms with Crippen molar-refractivity contribution in [2.75, 3.05) is 38.2 Å². The van der Waals surface area contributed by atoms with Crippen molar-refractivity contribution in [3.63, 3.8) is 0 Å². The van der Waals surface area contributed by atoms with E-state index in [1.807, 2.05) is 36.4 Å². The first-order valence-electron chi connectivity index (χ1n) is 10.1. The topological polar surface area (TPSA) is 63.7 Å². The van der Waals surface area contributed by atoms with Gasteiger partial charge in [0.05, 0.1) is 18.5 Å². The molecule has 148 valence electrons. The first-order valence-corrected chi connectivity index (χ1v) is 10.1. The number of benzene rings is 1. The van der Waals surface area contributed by atoms with Crippen LogP contribution in [0.5, 0.6) is 11.6 Å². The number of carbonyl (C=O) groups excluding carboxylic acids is 1. The number of para-hydroxylation sites is 1. The summed E-state index contributed by atoms with van der Waals surface area (Å²) in [4.78, 5) is 19.3. The van der Waals surface area contributed by atoms with Crippen LogP contribution in [0.25, 0.3) is 0 Å². The summed E-state index contributed by atoms with van der Waals surface area (Å²) in [6.45, 7) is 4.85. The van der Waals surface area contributed by atoms with E-state index >= 15 is 0 Å². The van der Waals surface area contributed by atoms with E-state index in [4.69, 9.17) is 9.47 Å². The average molecular weight is 381 g/mol. The van der Waals surface area contributed by atoms with Crippen molar-refractivity contribution >= 4 is 11.6 Å². The van der Waals surface area contributed by atoms with Gasteiger partial charge >= 0.3 is 0 Å². The van der Waals surface area contributed by atoms with Gasteiger partial charge in [-0.15, -0.1) is 0 Å². The summed E-state index contributed by atoms with van der Waals surface area (Å²) in [6, 6.07) is 13.1. The summed E-state index contributed by atoms with van der Waals surface area (Å²) in [5.41, 5.74) is 0.705. The van der Waals surface area contributed by atoms with E-state index in [0.717, 1.165) is 57.9 Å². The summed E-state index contributed by atoms with van der Waals surface area (Å²) in [6.07, 6.45) is 4.62. The number of piperidine rings is 1. The maximum atomic E-state index is 12.6. The minimum Gasteiger partial charge on any atom is -0.439 e. The summed E-state index contributed by atoms with van der Waals surface area (Å²) < 4.78 is 11.1. The van der Waals surface area contributed by atoms with E-state index in [0.29, 0.717) is 17.5 Å². The average Bonchev–Trinajstić information content (AvgIpc) is 3.24. The van der Waals surface area contributed by atoms with Gasteiger partial charge < -0.3 is 19.7 Å². The molecule has 2 fully saturated rings. The fourth-order valence-corrected chi connectivity index (χ4v) is 3.84. The van der Waals surface area contributed by atoms with Crippen LogP contribution in [-0.4, -0.2) is 48.6 Å². The van der Waals surface area contributed by atoms with Crippen LogP contribution in [0.2, 0.25) is 0 Å². The van der Waals surface area contributed by atoms with Crippen molar-refractivity contribution in [1.29, 1.82) is 0 Å². The Morgan fingerprint density at radius 1 is 1.14 bits per heavy atom. The van der Waals surface area contributed by atoms with Crippen molar-refractivity contribution in [2.24, 2.45) is 11.8 Å². The predicted octanol–water partition coefficient (Wildman–Crippen LogP) is 3.56. The predicted molar refractivity (Wildman–Crippen MR) is 107 cm³/mol. The number of likely N-dealkylation sites (tertiary alicyclic amines) is 1. The Hall–Kier alpha value is -2.44. The minimum absolute atomic E-state index is 0.0660. The number of aromatic nitrogens is 1. The number of hydrogen-bond acceptors (Lipinski definition) is 5. The zero-order valence-corrected chi connectivity index (χ0v) is 16.0. The molecule has 2 aromatic rings. The standard InChI is InChI=1S/C22H27N3O3/c26-22(18-8-11-25(12-9-18)15-17-10-13-27-16-17)24-19-6-7-21(23-14-19)28-20-4-2-1-3-5-20/h1-7,14,17-18H,8-13,15-16H2,(H,24,26)/t17-/m1/s1. The lowest BCUT2D eigenvalue weighted by Crippen LogP contribution is -2.40. The lowest BCUT2D eigenvalue weighted by atomic mass is 9.95. The summed E-state index contributed by atoms with van der Waals surface area (Å²) in [7, 11) is 0. The number of hydrogen-bond donors (Lipinski definition) is 1. The van der Waals surface area contributed by atoms with Gasteiger partial charge in [0.2, 0.25) is 11.8 Å². The first-order chi connectivity index (χ1) is 13.8. The maximum absolute atomic E-state index is 12.6. The quantitative estimate of drug-likeness (QED) is 0.829. The molecule has 28 heavy (non-hydrogen) atoms. The van der Waals surface area contributed by atoms with Crippen LogP contribution in [0.4, 0.5) is 5.69 Å². The van der Waals surface area contributed by atoms with Gasteiger partial charge in [0, 0.05) is 25.1 Å². The number of ether oxygens (including phenoxy) is 2. The van der Waals surface area contributed by atoms with Crippen molar-refractivity contribution in [3.05, 3.63) is 48.7 Å². The molecule has 2 aliphatic rings. The number of nitrogens with one attached hydrogen (secondary N) is 1. The number of amides is 1. The normalized spacial score (nSPS) is 20.8. The number of pyridine rings is 1. The van der Waals surface area contributed by atoms with E-state index in [-0.39, 0.29) is 11.8 Å². The van der Waals surface area contributed by atoms with Crippen molar-refractivity contribution in [1.82, 2.24) is 9.88 Å². The lowest BCUT2D eigenvalue weighted by molar-refractivity contribution is -0.121. The van der Waals surface area contributed by atoms with Gasteiger partial charge in [-0.25, -0.2) is 4.98 Å². The van der Waals surface area contributed by atoms with Crippen molar-refractivity contribution in [3.8, 4) is 11.6 Å². The van der Waals surface area contributed by atoms with Crippen LogP contribution >= 0.6 is 0 Å². The second-order valence-electron chi connectivity index (χ2n) is 7.59. The third-order valence-corrected chi connectivity index (χ3v) is 5.47. The van der Waals surface area contributed by atoms with Gasteiger partial charge in [0.15, 0.2) is 0 Å². The van der Waals surface area contributed by atoms with Crippen molar-refractivity contribution in [2.45, 2.75) is 19.3 Å². The molecule has 4 rings (SSSR count). The smallest absolute Gasteiger partial charge is 0.227 e. The van der Waals surface area contributed by atoms with Gasteiger partial charge in [0.25, 0.3) is 0 Å². The van der Waals surface area contributed by atoms with E-state index in [2.05, 4.69) is 15.2 Å². The molecular weight excluding hydrogens is 354 g/mol. The van der Waals surface area contributed by atoms with Crippen LogP contribution in [0, 0.1) is 11.8 Å². The van der Waals surface area contributed by atoms with E-state index < -0.39 is 0 Å². The highest BCUT2D eigenvalue weighted by molar-refractivity contribution is 5.92. The molecule has 0 radical (unpaired) electrons. The molecule has 0 bridgehead atoms. The molecule has 2 saturated heterocycles. The molecule has 0 aliphatic carbocycles. The monoisotopic (exact) mass is 381 g/mol. The zero-order valence-electron chi connectivity index (χ0n) is 16.0. The Labute approximate surface area is 165 Å². The van der Waals surface area contributed by atoms with Crippen LogP contribution < -0.4 is 10.1 Å². The Bertz CT molecular complexity index is 752. The molecule has 6 nitrogen and oxygen atoms in total. The van der Waals surface area contributed by atoms with E-state index in [9.17, 15) is 4.79 Å². The summed E-state index contributed by atoms with van der Waals surface area (Å²) in [5, 5.41) is 3.00. The molecule has 1 aromatic carbocycles. The second kappa shape index (κ2) is 9.17. The number of nitrogens with zero attached hydrogens (tertiary/aromatic N) is 2. The third kappa shape index (κ3) is 5.09. The van der Waals surface area contributed by atoms with Crippen molar-refractivity contribution < 1.29 is 14.3 Å². The fraction of sp³-hybridized carbons (Fsp3) is 0.455. The highest BCUT2D eigenvalue weighted by Gasteiger charge is 2.27. The number of anilines is 1. The molecule has 1 atom stereocenters. The largest absolute Gasteiger partial charge is 0.439 e. The Morgan fingerprint density at radius 2 is 1.96 bits per heavy atom. The highest BCUT2D eigenvalue weighted by atomic mass is 16.5. The van der Waals surface area contributed by atoms with Crippen LogP contribution in [0.3, 0.4) is 0 Å². The zero-order chi connectivity index (χ0) is 19.2. The molecule has 0 spiro atoms. The molecule has 2 aliphatic heterocycles. The van der Waals surface area contributed by atoms with Gasteiger partial charge in [-0.3, -0.25) is 4.79 Å². The Balaban J connectivity index is 1.23. The Kier molecular flexibility index (Phi) is 6.19. The van der Waals surface area contributed by atoms with E-state index in [1.165, 1.54) is 0 Å². The SMILES string of the molecule is O=C(Nc1ccc(Oc2ccccc2)nc1)C1CCN(C[C@H]2CCOC2)CC1. The van der Waals surface area contributed by atoms with Gasteiger partial charge in [-0.05, 0) is 56.5 Å². The van der Waals surface area contributed by atoms with E-state index in [1.54, 1.807) is 12.3 Å². The molecule has 1 N–H and O–H groups in total. The van der Waals surface area contributed by atoms with Crippen LogP contribution in [0.1, 0.15) is 19.3 Å². The molecular formula is C22H27N3O3. The summed E-state index contributed by atoms with van der Waals surface area (Å²) >= 11 is 0. The van der Waals surface area contributed by atoms with Gasteiger partial charge in [-0.2, -0.15) is 0 Å². The molecule has 6 heteroatoms. The molecule has 3 heterocycles. The molecule has 1 amide bonds. The summed E-state index contributed by atoms with van der Waals surface area (Å²) in [5.74, 6) is 2.06. The molecule has 0 saturated carbocycles. The highest BCUT2D eigenvalue weighted by Crippen LogP contribution is 2.23. The third-order valence-electron chi connectivity index (χ3n) is 5.47. The van der Waals surface area contributed by atoms with Gasteiger partial charge in [-0.1, -0.05) is 18.2 Å². The Morgan fingerprint density at radius 3 is 2.64 bits per heavy atom. The maximum Gasteiger partial charge on any atom is 0.227 e. The minimum atomic E-state index is 0.0660. The lowest BCUT2D eigenvalue weighted by Gasteiger charge is -2.32.